The summed E-state index contributed by atoms with van der Waals surface area (Å²) in [7, 11) is 1.32. The molecule has 2 rings (SSSR count). The van der Waals surface area contributed by atoms with E-state index in [1.807, 2.05) is 0 Å². The fourth-order valence-electron chi connectivity index (χ4n) is 3.11. The minimum atomic E-state index is -0.849. The number of carbonyl (C=O) groups excluding carboxylic acids is 3. The molecule has 6 nitrogen and oxygen atoms in total. The Balaban J connectivity index is 1.83. The molecular formula is C21H27NO5. The second kappa shape index (κ2) is 9.90. The van der Waals surface area contributed by atoms with E-state index in [9.17, 15) is 14.4 Å². The summed E-state index contributed by atoms with van der Waals surface area (Å²) in [4.78, 5) is 35.6. The lowest BCUT2D eigenvalue weighted by molar-refractivity contribution is -0.150. The molecular weight excluding hydrogens is 346 g/mol. The number of benzene rings is 1. The minimum Gasteiger partial charge on any atom is -0.465 e. The van der Waals surface area contributed by atoms with Crippen molar-refractivity contribution in [1.29, 1.82) is 0 Å². The van der Waals surface area contributed by atoms with Crippen LogP contribution >= 0.6 is 0 Å². The Morgan fingerprint density at radius 2 is 1.81 bits per heavy atom. The molecule has 1 aliphatic carbocycles. The van der Waals surface area contributed by atoms with E-state index in [2.05, 4.69) is 17.0 Å². The van der Waals surface area contributed by atoms with Crippen molar-refractivity contribution in [2.24, 2.45) is 5.92 Å². The molecule has 1 aromatic carbocycles. The molecule has 1 amide bonds. The molecule has 3 atom stereocenters. The van der Waals surface area contributed by atoms with Gasteiger partial charge in [0, 0.05) is 12.1 Å². The van der Waals surface area contributed by atoms with Crippen molar-refractivity contribution >= 4 is 23.9 Å². The van der Waals surface area contributed by atoms with Gasteiger partial charge < -0.3 is 14.8 Å². The highest BCUT2D eigenvalue weighted by molar-refractivity contribution is 5.91. The lowest BCUT2D eigenvalue weighted by atomic mass is 9.86. The van der Waals surface area contributed by atoms with Crippen LogP contribution in [-0.4, -0.2) is 37.1 Å². The van der Waals surface area contributed by atoms with E-state index in [-0.39, 0.29) is 11.9 Å². The van der Waals surface area contributed by atoms with Crippen LogP contribution in [0, 0.1) is 5.92 Å². The summed E-state index contributed by atoms with van der Waals surface area (Å²) in [5, 5.41) is 2.99. The van der Waals surface area contributed by atoms with Gasteiger partial charge in [-0.25, -0.2) is 9.59 Å². The molecule has 1 saturated carbocycles. The first-order valence-electron chi connectivity index (χ1n) is 9.28. The maximum Gasteiger partial charge on any atom is 0.337 e. The zero-order chi connectivity index (χ0) is 19.8. The van der Waals surface area contributed by atoms with Gasteiger partial charge in [-0.1, -0.05) is 31.9 Å². The van der Waals surface area contributed by atoms with Gasteiger partial charge in [0.2, 0.25) is 0 Å². The maximum absolute atomic E-state index is 12.2. The summed E-state index contributed by atoms with van der Waals surface area (Å²) < 4.78 is 9.81. The molecule has 0 radical (unpaired) electrons. The Labute approximate surface area is 159 Å². The summed E-state index contributed by atoms with van der Waals surface area (Å²) >= 11 is 0. The number of carbonyl (C=O) groups is 3. The number of esters is 2. The number of ether oxygens (including phenoxy) is 2. The maximum atomic E-state index is 12.2. The van der Waals surface area contributed by atoms with E-state index < -0.39 is 18.0 Å². The normalized spacial score (nSPS) is 20.7. The molecule has 1 aliphatic rings. The summed E-state index contributed by atoms with van der Waals surface area (Å²) in [6.45, 7) is 3.70. The average Bonchev–Trinajstić information content (AvgIpc) is 2.67. The van der Waals surface area contributed by atoms with Crippen LogP contribution in [0.3, 0.4) is 0 Å². The molecule has 0 aliphatic heterocycles. The third-order valence-electron chi connectivity index (χ3n) is 4.84. The predicted molar refractivity (Wildman–Crippen MR) is 102 cm³/mol. The summed E-state index contributed by atoms with van der Waals surface area (Å²) in [5.74, 6) is -0.833. The van der Waals surface area contributed by atoms with Crippen molar-refractivity contribution in [3.8, 4) is 0 Å². The van der Waals surface area contributed by atoms with Crippen LogP contribution in [0.4, 0.5) is 0 Å². The fraction of sp³-hybridized carbons (Fsp3) is 0.476. The Hall–Kier alpha value is -2.63. The summed E-state index contributed by atoms with van der Waals surface area (Å²) in [6, 6.07) is 6.75. The highest BCUT2D eigenvalue weighted by Crippen LogP contribution is 2.23. The van der Waals surface area contributed by atoms with Crippen LogP contribution in [0.15, 0.2) is 30.3 Å². The molecule has 6 heteroatoms. The second-order valence-electron chi connectivity index (χ2n) is 6.90. The quantitative estimate of drug-likeness (QED) is 0.612. The van der Waals surface area contributed by atoms with Crippen LogP contribution in [0.25, 0.3) is 6.08 Å². The molecule has 1 fully saturated rings. The zero-order valence-electron chi connectivity index (χ0n) is 16.1. The van der Waals surface area contributed by atoms with E-state index in [0.29, 0.717) is 11.5 Å². The fourth-order valence-corrected chi connectivity index (χ4v) is 3.11. The van der Waals surface area contributed by atoms with Crippen molar-refractivity contribution in [1.82, 2.24) is 5.32 Å². The number of hydrogen-bond acceptors (Lipinski definition) is 5. The van der Waals surface area contributed by atoms with E-state index in [4.69, 9.17) is 4.74 Å². The largest absolute Gasteiger partial charge is 0.465 e. The predicted octanol–water partition coefficient (Wildman–Crippen LogP) is 3.11. The van der Waals surface area contributed by atoms with Gasteiger partial charge in [-0.3, -0.25) is 4.79 Å². The summed E-state index contributed by atoms with van der Waals surface area (Å²) in [6.07, 6.45) is 6.37. The number of hydrogen-bond donors (Lipinski definition) is 1. The first-order chi connectivity index (χ1) is 12.9. The van der Waals surface area contributed by atoms with Crippen LogP contribution in [-0.2, 0) is 19.1 Å². The number of nitrogens with one attached hydrogen (secondary N) is 1. The zero-order valence-corrected chi connectivity index (χ0v) is 16.1. The monoisotopic (exact) mass is 373 g/mol. The van der Waals surface area contributed by atoms with E-state index in [1.54, 1.807) is 37.3 Å². The molecule has 0 bridgehead atoms. The molecule has 0 unspecified atom stereocenters. The van der Waals surface area contributed by atoms with E-state index in [0.717, 1.165) is 24.8 Å². The first-order valence-corrected chi connectivity index (χ1v) is 9.28. The van der Waals surface area contributed by atoms with Crippen molar-refractivity contribution in [3.05, 3.63) is 41.5 Å². The molecule has 1 N–H and O–H groups in total. The molecule has 0 spiro atoms. The number of methoxy groups -OCH3 is 1. The molecule has 1 aromatic rings. The molecule has 146 valence electrons. The number of amides is 1. The highest BCUT2D eigenvalue weighted by Gasteiger charge is 2.25. The highest BCUT2D eigenvalue weighted by atomic mass is 16.5. The lowest BCUT2D eigenvalue weighted by Crippen LogP contribution is -2.45. The second-order valence-corrected chi connectivity index (χ2v) is 6.90. The van der Waals surface area contributed by atoms with Crippen LogP contribution in [0.2, 0.25) is 0 Å². The first kappa shape index (κ1) is 20.7. The Morgan fingerprint density at radius 3 is 2.44 bits per heavy atom. The van der Waals surface area contributed by atoms with Crippen molar-refractivity contribution in [3.63, 3.8) is 0 Å². The van der Waals surface area contributed by atoms with Gasteiger partial charge >= 0.3 is 11.9 Å². The summed E-state index contributed by atoms with van der Waals surface area (Å²) in [5.41, 5.74) is 1.16. The standard InChI is InChI=1S/C21H27NO5/c1-14-6-4-5-7-18(14)22-20(24)15(2)27-19(23)13-10-16-8-11-17(12-9-16)21(25)26-3/h8-15,18H,4-7H2,1-3H3,(H,22,24)/b13-10+/t14-,15+,18+/m0/s1. The van der Waals surface area contributed by atoms with Gasteiger partial charge in [0.15, 0.2) is 6.10 Å². The van der Waals surface area contributed by atoms with Gasteiger partial charge in [-0.05, 0) is 49.5 Å². The smallest absolute Gasteiger partial charge is 0.337 e. The van der Waals surface area contributed by atoms with Crippen LogP contribution < -0.4 is 5.32 Å². The van der Waals surface area contributed by atoms with E-state index in [1.165, 1.54) is 19.6 Å². The van der Waals surface area contributed by atoms with Crippen molar-refractivity contribution < 1.29 is 23.9 Å². The molecule has 0 saturated heterocycles. The Bertz CT molecular complexity index is 695. The van der Waals surface area contributed by atoms with Crippen molar-refractivity contribution in [2.45, 2.75) is 51.7 Å². The molecule has 0 heterocycles. The van der Waals surface area contributed by atoms with Crippen LogP contribution in [0.1, 0.15) is 55.5 Å². The Morgan fingerprint density at radius 1 is 1.15 bits per heavy atom. The minimum absolute atomic E-state index is 0.149. The average molecular weight is 373 g/mol. The van der Waals surface area contributed by atoms with Gasteiger partial charge in [0.25, 0.3) is 5.91 Å². The van der Waals surface area contributed by atoms with Crippen molar-refractivity contribution in [2.75, 3.05) is 7.11 Å². The third-order valence-corrected chi connectivity index (χ3v) is 4.84. The van der Waals surface area contributed by atoms with Gasteiger partial charge in [-0.15, -0.1) is 0 Å². The topological polar surface area (TPSA) is 81.7 Å². The Kier molecular flexibility index (Phi) is 7.58. The molecule has 0 aromatic heterocycles. The van der Waals surface area contributed by atoms with Gasteiger partial charge in [0.1, 0.15) is 0 Å². The van der Waals surface area contributed by atoms with Gasteiger partial charge in [0.05, 0.1) is 12.7 Å². The van der Waals surface area contributed by atoms with Crippen LogP contribution in [0.5, 0.6) is 0 Å². The SMILES string of the molecule is COC(=O)c1ccc(/C=C/C(=O)O[C@H](C)C(=O)N[C@@H]2CCCC[C@@H]2C)cc1. The molecule has 27 heavy (non-hydrogen) atoms. The number of rotatable bonds is 6. The van der Waals surface area contributed by atoms with E-state index >= 15 is 0 Å². The third kappa shape index (κ3) is 6.24. The van der Waals surface area contributed by atoms with Gasteiger partial charge in [-0.2, -0.15) is 0 Å². The lowest BCUT2D eigenvalue weighted by Gasteiger charge is -2.30.